The summed E-state index contributed by atoms with van der Waals surface area (Å²) >= 11 is 0. The summed E-state index contributed by atoms with van der Waals surface area (Å²) in [7, 11) is 0. The van der Waals surface area contributed by atoms with Gasteiger partial charge in [0.1, 0.15) is 11.4 Å². The number of hydrogen-bond donors (Lipinski definition) is 1. The zero-order valence-corrected chi connectivity index (χ0v) is 10.9. The second-order valence-electron chi connectivity index (χ2n) is 4.81. The first-order valence-electron chi connectivity index (χ1n) is 6.62. The maximum Gasteiger partial charge on any atom is 0.339 e. The van der Waals surface area contributed by atoms with E-state index in [4.69, 9.17) is 0 Å². The Labute approximate surface area is 116 Å². The molecule has 1 atom stereocenters. The molecule has 0 bridgehead atoms. The van der Waals surface area contributed by atoms with Crippen LogP contribution in [0.5, 0.6) is 0 Å². The van der Waals surface area contributed by atoms with Crippen molar-refractivity contribution in [2.24, 2.45) is 0 Å². The zero-order chi connectivity index (χ0) is 13.9. The Kier molecular flexibility index (Phi) is 3.33. The monoisotopic (exact) mass is 269 g/mol. The van der Waals surface area contributed by atoms with Gasteiger partial charge in [0.15, 0.2) is 0 Å². The van der Waals surface area contributed by atoms with Crippen LogP contribution in [0.3, 0.4) is 0 Å². The van der Waals surface area contributed by atoms with E-state index in [1.807, 2.05) is 12.1 Å². The molecular formula is C15H15N3O2. The number of carbonyl (C=O) groups is 1. The fraction of sp³-hybridized carbons (Fsp3) is 0.267. The van der Waals surface area contributed by atoms with Crippen molar-refractivity contribution in [1.82, 2.24) is 9.97 Å². The molecular weight excluding hydrogens is 254 g/mol. The van der Waals surface area contributed by atoms with Gasteiger partial charge in [-0.15, -0.1) is 0 Å². The van der Waals surface area contributed by atoms with Gasteiger partial charge >= 0.3 is 5.97 Å². The predicted molar refractivity (Wildman–Crippen MR) is 74.8 cm³/mol. The van der Waals surface area contributed by atoms with Crippen LogP contribution in [-0.2, 0) is 0 Å². The Balaban J connectivity index is 1.99. The molecule has 1 fully saturated rings. The largest absolute Gasteiger partial charge is 0.478 e. The maximum atomic E-state index is 11.3. The van der Waals surface area contributed by atoms with Gasteiger partial charge in [-0.05, 0) is 42.7 Å². The zero-order valence-electron chi connectivity index (χ0n) is 10.9. The van der Waals surface area contributed by atoms with Crippen LogP contribution in [0.1, 0.15) is 34.8 Å². The molecule has 0 spiro atoms. The number of carboxylic acids is 1. The first-order valence-corrected chi connectivity index (χ1v) is 6.62. The Morgan fingerprint density at radius 3 is 2.80 bits per heavy atom. The van der Waals surface area contributed by atoms with Gasteiger partial charge in [-0.2, -0.15) is 0 Å². The summed E-state index contributed by atoms with van der Waals surface area (Å²) in [6.07, 6.45) is 7.21. The molecule has 5 nitrogen and oxygen atoms in total. The number of anilines is 1. The molecule has 0 amide bonds. The van der Waals surface area contributed by atoms with E-state index in [2.05, 4.69) is 14.9 Å². The summed E-state index contributed by atoms with van der Waals surface area (Å²) in [6.45, 7) is 0.824. The molecule has 1 saturated heterocycles. The Hall–Kier alpha value is -2.43. The van der Waals surface area contributed by atoms with Crippen LogP contribution >= 0.6 is 0 Å². The van der Waals surface area contributed by atoms with Crippen molar-refractivity contribution in [3.8, 4) is 0 Å². The minimum Gasteiger partial charge on any atom is -0.478 e. The van der Waals surface area contributed by atoms with Gasteiger partial charge in [-0.1, -0.05) is 0 Å². The topological polar surface area (TPSA) is 66.3 Å². The second kappa shape index (κ2) is 5.28. The average molecular weight is 269 g/mol. The van der Waals surface area contributed by atoms with E-state index in [1.54, 1.807) is 30.7 Å². The molecule has 5 heteroatoms. The van der Waals surface area contributed by atoms with Gasteiger partial charge in [0.05, 0.1) is 6.04 Å². The average Bonchev–Trinajstić information content (AvgIpc) is 2.97. The number of carboxylic acid groups (broad SMARTS) is 1. The lowest BCUT2D eigenvalue weighted by Gasteiger charge is -2.27. The fourth-order valence-electron chi connectivity index (χ4n) is 2.75. The molecule has 0 unspecified atom stereocenters. The molecule has 102 valence electrons. The van der Waals surface area contributed by atoms with Gasteiger partial charge in [-0.3, -0.25) is 4.98 Å². The highest BCUT2D eigenvalue weighted by Gasteiger charge is 2.29. The molecule has 1 aliphatic rings. The SMILES string of the molecule is O=C(O)c1cccnc1N1CCC[C@@H]1c1ccncc1. The van der Waals surface area contributed by atoms with E-state index in [1.165, 1.54) is 0 Å². The molecule has 0 aromatic carbocycles. The highest BCUT2D eigenvalue weighted by Crippen LogP contribution is 2.36. The third-order valence-corrected chi connectivity index (χ3v) is 3.63. The van der Waals surface area contributed by atoms with Gasteiger partial charge < -0.3 is 10.0 Å². The van der Waals surface area contributed by atoms with Crippen LogP contribution in [0.25, 0.3) is 0 Å². The van der Waals surface area contributed by atoms with Gasteiger partial charge in [0, 0.05) is 25.1 Å². The number of hydrogen-bond acceptors (Lipinski definition) is 4. The molecule has 3 rings (SSSR count). The summed E-state index contributed by atoms with van der Waals surface area (Å²) < 4.78 is 0. The third-order valence-electron chi connectivity index (χ3n) is 3.63. The van der Waals surface area contributed by atoms with Crippen molar-refractivity contribution in [3.05, 3.63) is 54.0 Å². The van der Waals surface area contributed by atoms with Crippen molar-refractivity contribution < 1.29 is 9.90 Å². The Morgan fingerprint density at radius 2 is 2.05 bits per heavy atom. The van der Waals surface area contributed by atoms with Crippen molar-refractivity contribution in [1.29, 1.82) is 0 Å². The van der Waals surface area contributed by atoms with Gasteiger partial charge in [0.2, 0.25) is 0 Å². The molecule has 2 aromatic heterocycles. The van der Waals surface area contributed by atoms with Crippen LogP contribution < -0.4 is 4.90 Å². The van der Waals surface area contributed by atoms with Crippen molar-refractivity contribution in [2.75, 3.05) is 11.4 Å². The van der Waals surface area contributed by atoms with E-state index in [0.29, 0.717) is 5.82 Å². The lowest BCUT2D eigenvalue weighted by molar-refractivity contribution is 0.0697. The lowest BCUT2D eigenvalue weighted by atomic mass is 10.1. The predicted octanol–water partition coefficient (Wildman–Crippen LogP) is 2.52. The highest BCUT2D eigenvalue weighted by molar-refractivity contribution is 5.93. The van der Waals surface area contributed by atoms with E-state index >= 15 is 0 Å². The van der Waals surface area contributed by atoms with Crippen molar-refractivity contribution in [3.63, 3.8) is 0 Å². The number of rotatable bonds is 3. The third kappa shape index (κ3) is 2.22. The fourth-order valence-corrected chi connectivity index (χ4v) is 2.75. The number of nitrogens with zero attached hydrogens (tertiary/aromatic N) is 3. The first-order chi connectivity index (χ1) is 9.77. The smallest absolute Gasteiger partial charge is 0.339 e. The molecule has 0 aliphatic carbocycles. The van der Waals surface area contributed by atoms with Gasteiger partial charge in [0.25, 0.3) is 0 Å². The molecule has 1 aliphatic heterocycles. The quantitative estimate of drug-likeness (QED) is 0.927. The normalized spacial score (nSPS) is 18.2. The Morgan fingerprint density at radius 1 is 1.25 bits per heavy atom. The molecule has 0 saturated carbocycles. The van der Waals surface area contributed by atoms with E-state index in [-0.39, 0.29) is 11.6 Å². The summed E-state index contributed by atoms with van der Waals surface area (Å²) in [5.74, 6) is -0.382. The molecule has 1 N–H and O–H groups in total. The molecule has 20 heavy (non-hydrogen) atoms. The van der Waals surface area contributed by atoms with E-state index < -0.39 is 5.97 Å². The van der Waals surface area contributed by atoms with Gasteiger partial charge in [-0.25, -0.2) is 9.78 Å². The Bertz CT molecular complexity index is 616. The summed E-state index contributed by atoms with van der Waals surface area (Å²) in [6, 6.07) is 7.39. The standard InChI is InChI=1S/C15H15N3O2/c19-15(20)12-3-1-7-17-14(12)18-10-2-4-13(18)11-5-8-16-9-6-11/h1,3,5-9,13H,2,4,10H2,(H,19,20)/t13-/m1/s1. The minimum absolute atomic E-state index is 0.172. The second-order valence-corrected chi connectivity index (χ2v) is 4.81. The molecule has 3 heterocycles. The molecule has 2 aromatic rings. The maximum absolute atomic E-state index is 11.3. The van der Waals surface area contributed by atoms with E-state index in [9.17, 15) is 9.90 Å². The first kappa shape index (κ1) is 12.6. The van der Waals surface area contributed by atoms with Crippen LogP contribution in [-0.4, -0.2) is 27.6 Å². The van der Waals surface area contributed by atoms with Crippen molar-refractivity contribution >= 4 is 11.8 Å². The van der Waals surface area contributed by atoms with Crippen molar-refractivity contribution in [2.45, 2.75) is 18.9 Å². The molecule has 0 radical (unpaired) electrons. The van der Waals surface area contributed by atoms with Crippen LogP contribution in [0.15, 0.2) is 42.9 Å². The number of aromatic carboxylic acids is 1. The summed E-state index contributed by atoms with van der Waals surface area (Å²) in [4.78, 5) is 21.7. The van der Waals surface area contributed by atoms with Crippen LogP contribution in [0, 0.1) is 0 Å². The van der Waals surface area contributed by atoms with Crippen LogP contribution in [0.4, 0.5) is 5.82 Å². The number of pyridine rings is 2. The van der Waals surface area contributed by atoms with E-state index in [0.717, 1.165) is 24.9 Å². The number of aromatic nitrogens is 2. The van der Waals surface area contributed by atoms with Crippen LogP contribution in [0.2, 0.25) is 0 Å². The highest BCUT2D eigenvalue weighted by atomic mass is 16.4. The lowest BCUT2D eigenvalue weighted by Crippen LogP contribution is -2.25. The summed E-state index contributed by atoms with van der Waals surface area (Å²) in [5, 5.41) is 9.31. The summed E-state index contributed by atoms with van der Waals surface area (Å²) in [5.41, 5.74) is 1.41. The minimum atomic E-state index is -0.937.